The van der Waals surface area contributed by atoms with E-state index in [1.807, 2.05) is 6.07 Å². The molecule has 1 N–H and O–H groups in total. The molecule has 0 amide bonds. The quantitative estimate of drug-likeness (QED) is 0.746. The summed E-state index contributed by atoms with van der Waals surface area (Å²) in [5.41, 5.74) is 2.59. The van der Waals surface area contributed by atoms with Crippen LogP contribution in [0.2, 0.25) is 0 Å². The summed E-state index contributed by atoms with van der Waals surface area (Å²) in [6.07, 6.45) is 5.65. The Morgan fingerprint density at radius 3 is 2.50 bits per heavy atom. The van der Waals surface area contributed by atoms with Gasteiger partial charge in [-0.25, -0.2) is 0 Å². The molecule has 2 nitrogen and oxygen atoms in total. The number of fused-ring (bicyclic) bond motifs is 1. The number of benzene rings is 1. The molecule has 1 aliphatic rings. The summed E-state index contributed by atoms with van der Waals surface area (Å²) in [5, 5.41) is 1.32. The summed E-state index contributed by atoms with van der Waals surface area (Å²) in [5.74, 6) is 0.991. The Labute approximate surface area is 108 Å². The maximum atomic E-state index is 11.2. The third-order valence-corrected chi connectivity index (χ3v) is 3.60. The van der Waals surface area contributed by atoms with Crippen LogP contribution < -0.4 is 0 Å². The maximum Gasteiger partial charge on any atom is 0.132 e. The maximum absolute atomic E-state index is 11.2. The second kappa shape index (κ2) is 5.67. The SMILES string of the molecule is C=C.O=C1CCC(c2c[nH]c3ccccc23)CC1. The third kappa shape index (κ3) is 2.37. The van der Waals surface area contributed by atoms with Crippen molar-refractivity contribution in [1.29, 1.82) is 0 Å². The van der Waals surface area contributed by atoms with E-state index in [4.69, 9.17) is 0 Å². The van der Waals surface area contributed by atoms with E-state index in [2.05, 4.69) is 42.5 Å². The number of carbonyl (C=O) groups is 1. The molecule has 1 aromatic heterocycles. The molecular formula is C16H19NO. The average molecular weight is 241 g/mol. The number of aromatic nitrogens is 1. The smallest absolute Gasteiger partial charge is 0.132 e. The topological polar surface area (TPSA) is 32.9 Å². The molecule has 0 saturated heterocycles. The molecule has 18 heavy (non-hydrogen) atoms. The molecule has 3 rings (SSSR count). The van der Waals surface area contributed by atoms with Gasteiger partial charge in [0.2, 0.25) is 0 Å². The van der Waals surface area contributed by atoms with Crippen LogP contribution in [0.15, 0.2) is 43.6 Å². The second-order valence-corrected chi connectivity index (χ2v) is 4.60. The van der Waals surface area contributed by atoms with Gasteiger partial charge in [-0.05, 0) is 30.4 Å². The van der Waals surface area contributed by atoms with Gasteiger partial charge in [0.15, 0.2) is 0 Å². The van der Waals surface area contributed by atoms with Gasteiger partial charge in [-0.3, -0.25) is 4.79 Å². The zero-order chi connectivity index (χ0) is 13.0. The standard InChI is InChI=1S/C14H15NO.C2H4/c16-11-7-5-10(6-8-11)13-9-15-14-4-2-1-3-12(13)14;1-2/h1-4,9-10,15H,5-8H2;1-2H2. The molecular weight excluding hydrogens is 222 g/mol. The van der Waals surface area contributed by atoms with E-state index in [-0.39, 0.29) is 0 Å². The third-order valence-electron chi connectivity index (χ3n) is 3.60. The van der Waals surface area contributed by atoms with Crippen LogP contribution in [0.4, 0.5) is 0 Å². The number of ketones is 1. The molecule has 0 bridgehead atoms. The summed E-state index contributed by atoms with van der Waals surface area (Å²) in [7, 11) is 0. The van der Waals surface area contributed by atoms with Crippen molar-refractivity contribution in [3.8, 4) is 0 Å². The van der Waals surface area contributed by atoms with Gasteiger partial charge < -0.3 is 4.98 Å². The fourth-order valence-corrected chi connectivity index (χ4v) is 2.68. The predicted octanol–water partition coefficient (Wildman–Crippen LogP) is 4.20. The second-order valence-electron chi connectivity index (χ2n) is 4.60. The number of para-hydroxylation sites is 1. The van der Waals surface area contributed by atoms with Gasteiger partial charge in [0.25, 0.3) is 0 Å². The number of hydrogen-bond acceptors (Lipinski definition) is 1. The number of Topliss-reactive ketones (excluding diaryl/α,β-unsaturated/α-hetero) is 1. The molecule has 0 aliphatic heterocycles. The van der Waals surface area contributed by atoms with Crippen molar-refractivity contribution in [3.63, 3.8) is 0 Å². The van der Waals surface area contributed by atoms with Crippen molar-refractivity contribution in [2.45, 2.75) is 31.6 Å². The molecule has 1 aliphatic carbocycles. The first-order valence-electron chi connectivity index (χ1n) is 6.42. The number of hydrogen-bond donors (Lipinski definition) is 1. The van der Waals surface area contributed by atoms with Crippen LogP contribution in [0.3, 0.4) is 0 Å². The molecule has 94 valence electrons. The molecule has 0 radical (unpaired) electrons. The average Bonchev–Trinajstić information content (AvgIpc) is 2.86. The van der Waals surface area contributed by atoms with Crippen molar-refractivity contribution in [3.05, 3.63) is 49.2 Å². The minimum absolute atomic E-state index is 0.427. The molecule has 0 unspecified atom stereocenters. The first kappa shape index (κ1) is 12.6. The highest BCUT2D eigenvalue weighted by Crippen LogP contribution is 2.35. The van der Waals surface area contributed by atoms with E-state index in [1.165, 1.54) is 16.5 Å². The zero-order valence-corrected chi connectivity index (χ0v) is 10.6. The van der Waals surface area contributed by atoms with Crippen molar-refractivity contribution in [2.75, 3.05) is 0 Å². The first-order valence-corrected chi connectivity index (χ1v) is 6.42. The fraction of sp³-hybridized carbons (Fsp3) is 0.312. The highest BCUT2D eigenvalue weighted by Gasteiger charge is 2.22. The van der Waals surface area contributed by atoms with Gasteiger partial charge >= 0.3 is 0 Å². The molecule has 1 fully saturated rings. The van der Waals surface area contributed by atoms with Crippen LogP contribution in [-0.4, -0.2) is 10.8 Å². The lowest BCUT2D eigenvalue weighted by Crippen LogP contribution is -2.11. The molecule has 0 spiro atoms. The van der Waals surface area contributed by atoms with E-state index in [0.29, 0.717) is 11.7 Å². The molecule has 1 aromatic carbocycles. The highest BCUT2D eigenvalue weighted by molar-refractivity contribution is 5.84. The van der Waals surface area contributed by atoms with E-state index >= 15 is 0 Å². The van der Waals surface area contributed by atoms with Crippen molar-refractivity contribution >= 4 is 16.7 Å². The summed E-state index contributed by atoms with van der Waals surface area (Å²) in [6, 6.07) is 8.39. The molecule has 1 saturated carbocycles. The van der Waals surface area contributed by atoms with Crippen molar-refractivity contribution in [1.82, 2.24) is 4.98 Å². The van der Waals surface area contributed by atoms with Crippen LogP contribution in [-0.2, 0) is 4.79 Å². The van der Waals surface area contributed by atoms with Crippen LogP contribution in [0.5, 0.6) is 0 Å². The Bertz CT molecular complexity index is 531. The molecule has 2 aromatic rings. The monoisotopic (exact) mass is 241 g/mol. The largest absolute Gasteiger partial charge is 0.361 e. The Kier molecular flexibility index (Phi) is 3.98. The number of carbonyl (C=O) groups excluding carboxylic acids is 1. The summed E-state index contributed by atoms with van der Waals surface area (Å²) >= 11 is 0. The predicted molar refractivity (Wildman–Crippen MR) is 75.8 cm³/mol. The number of rotatable bonds is 1. The lowest BCUT2D eigenvalue weighted by atomic mass is 9.83. The summed E-state index contributed by atoms with van der Waals surface area (Å²) in [4.78, 5) is 14.5. The Balaban J connectivity index is 0.000000574. The van der Waals surface area contributed by atoms with Crippen molar-refractivity contribution < 1.29 is 4.79 Å². The summed E-state index contributed by atoms with van der Waals surface area (Å²) in [6.45, 7) is 6.00. The van der Waals surface area contributed by atoms with Crippen LogP contribution in [0, 0.1) is 0 Å². The number of nitrogens with one attached hydrogen (secondary N) is 1. The van der Waals surface area contributed by atoms with E-state index in [0.717, 1.165) is 25.7 Å². The molecule has 0 atom stereocenters. The van der Waals surface area contributed by atoms with Crippen LogP contribution in [0.25, 0.3) is 10.9 Å². The lowest BCUT2D eigenvalue weighted by molar-refractivity contribution is -0.120. The lowest BCUT2D eigenvalue weighted by Gasteiger charge is -2.20. The van der Waals surface area contributed by atoms with Crippen LogP contribution in [0.1, 0.15) is 37.2 Å². The minimum atomic E-state index is 0.427. The highest BCUT2D eigenvalue weighted by atomic mass is 16.1. The van der Waals surface area contributed by atoms with Crippen molar-refractivity contribution in [2.24, 2.45) is 0 Å². The fourth-order valence-electron chi connectivity index (χ4n) is 2.68. The van der Waals surface area contributed by atoms with Gasteiger partial charge in [0, 0.05) is 29.9 Å². The minimum Gasteiger partial charge on any atom is -0.361 e. The van der Waals surface area contributed by atoms with E-state index < -0.39 is 0 Å². The summed E-state index contributed by atoms with van der Waals surface area (Å²) < 4.78 is 0. The van der Waals surface area contributed by atoms with Gasteiger partial charge in [-0.15, -0.1) is 13.2 Å². The normalized spacial score (nSPS) is 16.3. The Morgan fingerprint density at radius 1 is 1.11 bits per heavy atom. The first-order chi connectivity index (χ1) is 8.84. The Hall–Kier alpha value is -1.83. The van der Waals surface area contributed by atoms with Gasteiger partial charge in [0.1, 0.15) is 5.78 Å². The molecule has 1 heterocycles. The van der Waals surface area contributed by atoms with Gasteiger partial charge in [0.05, 0.1) is 0 Å². The molecule has 2 heteroatoms. The zero-order valence-electron chi connectivity index (χ0n) is 10.6. The Morgan fingerprint density at radius 2 is 1.78 bits per heavy atom. The van der Waals surface area contributed by atoms with E-state index in [9.17, 15) is 4.79 Å². The van der Waals surface area contributed by atoms with Gasteiger partial charge in [-0.2, -0.15) is 0 Å². The van der Waals surface area contributed by atoms with Crippen LogP contribution >= 0.6 is 0 Å². The number of H-pyrrole nitrogens is 1. The number of aromatic amines is 1. The van der Waals surface area contributed by atoms with Gasteiger partial charge in [-0.1, -0.05) is 18.2 Å². The van der Waals surface area contributed by atoms with E-state index in [1.54, 1.807) is 0 Å².